The summed E-state index contributed by atoms with van der Waals surface area (Å²) in [4.78, 5) is 22.8. The molecule has 0 saturated carbocycles. The predicted octanol–water partition coefficient (Wildman–Crippen LogP) is 5.21. The fourth-order valence-corrected chi connectivity index (χ4v) is 5.29. The van der Waals surface area contributed by atoms with Crippen molar-refractivity contribution >= 4 is 29.0 Å². The summed E-state index contributed by atoms with van der Waals surface area (Å²) in [5.74, 6) is 1.73. The Morgan fingerprint density at radius 1 is 1.12 bits per heavy atom. The molecule has 0 bridgehead atoms. The first kappa shape index (κ1) is 21.3. The molecule has 1 aromatic carbocycles. The summed E-state index contributed by atoms with van der Waals surface area (Å²) in [6.45, 7) is 9.14. The number of rotatable bonds is 3. The number of nitrogens with zero attached hydrogens (tertiary/aromatic N) is 5. The van der Waals surface area contributed by atoms with Crippen LogP contribution in [0.1, 0.15) is 65.8 Å². The van der Waals surface area contributed by atoms with E-state index in [1.165, 1.54) is 6.42 Å². The SMILES string of the molecule is Cc1cn2nc([C@@H]3CCCCN3C(=O)c3cccc(C)c3Cl)cc2nc1N1CC[C@H](C)C1. The van der Waals surface area contributed by atoms with Gasteiger partial charge in [0.25, 0.3) is 5.91 Å². The molecule has 2 aromatic heterocycles. The second kappa shape index (κ2) is 8.39. The summed E-state index contributed by atoms with van der Waals surface area (Å²) < 4.78 is 1.87. The topological polar surface area (TPSA) is 53.7 Å². The van der Waals surface area contributed by atoms with Gasteiger partial charge in [-0.15, -0.1) is 0 Å². The fourth-order valence-electron chi connectivity index (χ4n) is 5.08. The molecule has 3 aromatic rings. The fraction of sp³-hybridized carbons (Fsp3) is 0.480. The van der Waals surface area contributed by atoms with E-state index in [0.717, 1.165) is 60.6 Å². The van der Waals surface area contributed by atoms with Gasteiger partial charge in [0, 0.05) is 37.5 Å². The van der Waals surface area contributed by atoms with E-state index in [-0.39, 0.29) is 11.9 Å². The average Bonchev–Trinajstić information content (AvgIpc) is 3.40. The van der Waals surface area contributed by atoms with Crippen molar-refractivity contribution in [1.29, 1.82) is 0 Å². The van der Waals surface area contributed by atoms with E-state index < -0.39 is 0 Å². The van der Waals surface area contributed by atoms with Crippen molar-refractivity contribution in [2.75, 3.05) is 24.5 Å². The molecule has 0 unspecified atom stereocenters. The van der Waals surface area contributed by atoms with Gasteiger partial charge in [-0.25, -0.2) is 9.50 Å². The number of carbonyl (C=O) groups excluding carboxylic acids is 1. The number of aryl methyl sites for hydroxylation is 2. The molecule has 0 N–H and O–H groups in total. The van der Waals surface area contributed by atoms with E-state index in [4.69, 9.17) is 21.7 Å². The van der Waals surface area contributed by atoms with E-state index in [0.29, 0.717) is 23.0 Å². The highest BCUT2D eigenvalue weighted by Crippen LogP contribution is 2.34. The number of benzene rings is 1. The minimum Gasteiger partial charge on any atom is -0.356 e. The van der Waals surface area contributed by atoms with Gasteiger partial charge in [-0.1, -0.05) is 30.7 Å². The van der Waals surface area contributed by atoms with Crippen molar-refractivity contribution in [3.63, 3.8) is 0 Å². The van der Waals surface area contributed by atoms with E-state index in [1.54, 1.807) is 0 Å². The average molecular weight is 452 g/mol. The number of anilines is 1. The molecule has 2 aliphatic heterocycles. The smallest absolute Gasteiger partial charge is 0.255 e. The number of fused-ring (bicyclic) bond motifs is 1. The monoisotopic (exact) mass is 451 g/mol. The zero-order valence-electron chi connectivity index (χ0n) is 19.0. The number of hydrogen-bond acceptors (Lipinski definition) is 4. The molecule has 0 aliphatic carbocycles. The third kappa shape index (κ3) is 3.75. The number of halogens is 1. The normalized spacial score (nSPS) is 21.5. The van der Waals surface area contributed by atoms with Gasteiger partial charge in [0.05, 0.1) is 22.3 Å². The molecule has 2 fully saturated rings. The second-order valence-corrected chi connectivity index (χ2v) is 9.78. The minimum absolute atomic E-state index is 0.0173. The maximum Gasteiger partial charge on any atom is 0.255 e. The Bertz CT molecular complexity index is 1170. The number of carbonyl (C=O) groups is 1. The highest BCUT2D eigenvalue weighted by atomic mass is 35.5. The van der Waals surface area contributed by atoms with Crippen LogP contribution in [0.4, 0.5) is 5.82 Å². The first-order valence-corrected chi connectivity index (χ1v) is 12.0. The lowest BCUT2D eigenvalue weighted by atomic mass is 9.98. The molecule has 0 spiro atoms. The van der Waals surface area contributed by atoms with Gasteiger partial charge in [-0.2, -0.15) is 5.10 Å². The summed E-state index contributed by atoms with van der Waals surface area (Å²) in [6.07, 6.45) is 6.24. The molecule has 32 heavy (non-hydrogen) atoms. The van der Waals surface area contributed by atoms with Crippen molar-refractivity contribution in [2.45, 2.75) is 52.5 Å². The van der Waals surface area contributed by atoms with Gasteiger partial charge in [-0.3, -0.25) is 4.79 Å². The summed E-state index contributed by atoms with van der Waals surface area (Å²) in [6, 6.07) is 7.63. The first-order valence-electron chi connectivity index (χ1n) is 11.6. The zero-order valence-corrected chi connectivity index (χ0v) is 19.8. The summed E-state index contributed by atoms with van der Waals surface area (Å²) >= 11 is 6.49. The van der Waals surface area contributed by atoms with Crippen LogP contribution in [-0.4, -0.2) is 45.0 Å². The van der Waals surface area contributed by atoms with Crippen LogP contribution in [0.5, 0.6) is 0 Å². The van der Waals surface area contributed by atoms with Crippen LogP contribution >= 0.6 is 11.6 Å². The van der Waals surface area contributed by atoms with Crippen LogP contribution in [0.15, 0.2) is 30.5 Å². The van der Waals surface area contributed by atoms with Crippen LogP contribution in [0.2, 0.25) is 5.02 Å². The highest BCUT2D eigenvalue weighted by molar-refractivity contribution is 6.34. The molecule has 4 heterocycles. The Morgan fingerprint density at radius 2 is 1.97 bits per heavy atom. The van der Waals surface area contributed by atoms with Crippen LogP contribution < -0.4 is 4.90 Å². The van der Waals surface area contributed by atoms with Crippen LogP contribution in [0.3, 0.4) is 0 Å². The summed E-state index contributed by atoms with van der Waals surface area (Å²) in [5.41, 5.74) is 4.36. The number of piperidine rings is 1. The van der Waals surface area contributed by atoms with Crippen molar-refractivity contribution < 1.29 is 4.79 Å². The Morgan fingerprint density at radius 3 is 2.75 bits per heavy atom. The lowest BCUT2D eigenvalue weighted by Crippen LogP contribution is -2.38. The Balaban J connectivity index is 1.48. The molecule has 2 aliphatic rings. The molecule has 5 rings (SSSR count). The molecule has 1 amide bonds. The van der Waals surface area contributed by atoms with E-state index in [2.05, 4.69) is 31.0 Å². The number of aromatic nitrogens is 3. The largest absolute Gasteiger partial charge is 0.356 e. The molecule has 2 atom stereocenters. The predicted molar refractivity (Wildman–Crippen MR) is 128 cm³/mol. The van der Waals surface area contributed by atoms with Gasteiger partial charge in [-0.05, 0) is 57.1 Å². The maximum absolute atomic E-state index is 13.5. The number of hydrogen-bond donors (Lipinski definition) is 0. The van der Waals surface area contributed by atoms with Gasteiger partial charge >= 0.3 is 0 Å². The van der Waals surface area contributed by atoms with Gasteiger partial charge in [0.1, 0.15) is 5.82 Å². The highest BCUT2D eigenvalue weighted by Gasteiger charge is 2.32. The third-order valence-electron chi connectivity index (χ3n) is 6.87. The minimum atomic E-state index is -0.0647. The lowest BCUT2D eigenvalue weighted by molar-refractivity contribution is 0.0606. The Labute approximate surface area is 194 Å². The molecular weight excluding hydrogens is 422 g/mol. The maximum atomic E-state index is 13.5. The molecule has 7 heteroatoms. The Hall–Kier alpha value is -2.60. The third-order valence-corrected chi connectivity index (χ3v) is 7.38. The van der Waals surface area contributed by atoms with Crippen molar-refractivity contribution in [1.82, 2.24) is 19.5 Å². The van der Waals surface area contributed by atoms with Crippen molar-refractivity contribution in [2.24, 2.45) is 5.92 Å². The molecule has 0 radical (unpaired) electrons. The molecule has 6 nitrogen and oxygen atoms in total. The van der Waals surface area contributed by atoms with E-state index in [9.17, 15) is 4.79 Å². The summed E-state index contributed by atoms with van der Waals surface area (Å²) in [7, 11) is 0. The second-order valence-electron chi connectivity index (χ2n) is 9.41. The van der Waals surface area contributed by atoms with Crippen LogP contribution in [0, 0.1) is 19.8 Å². The van der Waals surface area contributed by atoms with E-state index in [1.807, 2.05) is 34.5 Å². The number of likely N-dealkylation sites (tertiary alicyclic amines) is 1. The molecule has 2 saturated heterocycles. The van der Waals surface area contributed by atoms with E-state index >= 15 is 0 Å². The number of amides is 1. The zero-order chi connectivity index (χ0) is 22.4. The van der Waals surface area contributed by atoms with Crippen molar-refractivity contribution in [3.05, 3.63) is 57.9 Å². The van der Waals surface area contributed by atoms with Crippen molar-refractivity contribution in [3.8, 4) is 0 Å². The summed E-state index contributed by atoms with van der Waals surface area (Å²) in [5, 5.41) is 5.40. The first-order chi connectivity index (χ1) is 15.4. The van der Waals surface area contributed by atoms with Crippen LogP contribution in [0.25, 0.3) is 5.65 Å². The molecular formula is C25H30ClN5O. The van der Waals surface area contributed by atoms with Gasteiger partial charge < -0.3 is 9.80 Å². The standard InChI is InChI=1S/C25H30ClN5O/c1-16-10-12-29(14-16)24-18(3)15-31-22(27-24)13-20(28-31)21-9-4-5-11-30(21)25(32)19-8-6-7-17(2)23(19)26/h6-8,13,15-16,21H,4-5,9-12,14H2,1-3H3/t16-,21-/m0/s1. The lowest BCUT2D eigenvalue weighted by Gasteiger charge is -2.35. The van der Waals surface area contributed by atoms with Gasteiger partial charge in [0.2, 0.25) is 0 Å². The Kier molecular flexibility index (Phi) is 5.58. The van der Waals surface area contributed by atoms with Gasteiger partial charge in [0.15, 0.2) is 5.65 Å². The quantitative estimate of drug-likeness (QED) is 0.548. The molecule has 168 valence electrons. The van der Waals surface area contributed by atoms with Crippen LogP contribution in [-0.2, 0) is 0 Å².